The van der Waals surface area contributed by atoms with Crippen molar-refractivity contribution in [2.24, 2.45) is 0 Å². The van der Waals surface area contributed by atoms with Gasteiger partial charge >= 0.3 is 5.97 Å². The van der Waals surface area contributed by atoms with Gasteiger partial charge in [0.1, 0.15) is 4.88 Å². The molecule has 0 spiro atoms. The lowest BCUT2D eigenvalue weighted by molar-refractivity contribution is 0.0702. The average molecular weight is 332 g/mol. The highest BCUT2D eigenvalue weighted by Gasteiger charge is 2.10. The number of hydrogen-bond acceptors (Lipinski definition) is 4. The Morgan fingerprint density at radius 1 is 1.41 bits per heavy atom. The van der Waals surface area contributed by atoms with Gasteiger partial charge < -0.3 is 10.0 Å². The van der Waals surface area contributed by atoms with Gasteiger partial charge in [0.2, 0.25) is 0 Å². The summed E-state index contributed by atoms with van der Waals surface area (Å²) in [6.07, 6.45) is 0. The fraction of sp³-hybridized carbons (Fsp3) is 0.182. The van der Waals surface area contributed by atoms with E-state index in [1.807, 2.05) is 22.7 Å². The molecule has 0 unspecified atom stereocenters. The normalized spacial score (nSPS) is 10.5. The van der Waals surface area contributed by atoms with E-state index in [4.69, 9.17) is 5.11 Å². The first-order valence-electron chi connectivity index (χ1n) is 4.82. The molecule has 2 aromatic heterocycles. The molecule has 0 saturated heterocycles. The molecule has 0 radical (unpaired) electrons. The Balaban J connectivity index is 2.08. The van der Waals surface area contributed by atoms with Crippen LogP contribution in [-0.2, 0) is 6.54 Å². The second kappa shape index (κ2) is 5.20. The van der Waals surface area contributed by atoms with Crippen LogP contribution in [0.4, 0.5) is 5.69 Å². The highest BCUT2D eigenvalue weighted by molar-refractivity contribution is 9.10. The van der Waals surface area contributed by atoms with Crippen molar-refractivity contribution in [1.29, 1.82) is 0 Å². The Morgan fingerprint density at radius 3 is 2.71 bits per heavy atom. The van der Waals surface area contributed by atoms with Gasteiger partial charge in [-0.2, -0.15) is 0 Å². The van der Waals surface area contributed by atoms with Crippen molar-refractivity contribution in [1.82, 2.24) is 0 Å². The molecule has 3 nitrogen and oxygen atoms in total. The lowest BCUT2D eigenvalue weighted by Crippen LogP contribution is -2.14. The molecule has 0 bridgehead atoms. The number of carbonyl (C=O) groups is 1. The minimum Gasteiger partial charge on any atom is -0.477 e. The summed E-state index contributed by atoms with van der Waals surface area (Å²) < 4.78 is 1.09. The molecular weight excluding hydrogens is 322 g/mol. The predicted molar refractivity (Wildman–Crippen MR) is 75.4 cm³/mol. The van der Waals surface area contributed by atoms with E-state index in [2.05, 4.69) is 22.0 Å². The molecule has 0 fully saturated rings. The van der Waals surface area contributed by atoms with E-state index in [-0.39, 0.29) is 0 Å². The lowest BCUT2D eigenvalue weighted by atomic mass is 10.3. The van der Waals surface area contributed by atoms with E-state index in [0.29, 0.717) is 4.88 Å². The van der Waals surface area contributed by atoms with Crippen LogP contribution in [0.1, 0.15) is 14.5 Å². The maximum atomic E-state index is 10.8. The molecule has 90 valence electrons. The smallest absolute Gasteiger partial charge is 0.345 e. The van der Waals surface area contributed by atoms with Crippen molar-refractivity contribution in [3.63, 3.8) is 0 Å². The number of rotatable bonds is 4. The van der Waals surface area contributed by atoms with Crippen LogP contribution in [0.15, 0.2) is 27.4 Å². The molecule has 0 aliphatic rings. The third kappa shape index (κ3) is 3.08. The largest absolute Gasteiger partial charge is 0.477 e. The quantitative estimate of drug-likeness (QED) is 0.923. The van der Waals surface area contributed by atoms with E-state index >= 15 is 0 Å². The highest BCUT2D eigenvalue weighted by Crippen LogP contribution is 2.26. The molecule has 0 atom stereocenters. The molecule has 2 rings (SSSR count). The molecule has 0 amide bonds. The van der Waals surface area contributed by atoms with Crippen LogP contribution in [0.25, 0.3) is 0 Å². The van der Waals surface area contributed by atoms with E-state index in [0.717, 1.165) is 16.7 Å². The lowest BCUT2D eigenvalue weighted by Gasteiger charge is -2.15. The second-order valence-corrected chi connectivity index (χ2v) is 6.38. The summed E-state index contributed by atoms with van der Waals surface area (Å²) in [6.45, 7) is 0.784. The van der Waals surface area contributed by atoms with Crippen LogP contribution >= 0.6 is 38.6 Å². The van der Waals surface area contributed by atoms with Crippen LogP contribution in [0.5, 0.6) is 0 Å². The third-order valence-corrected chi connectivity index (χ3v) is 4.84. The van der Waals surface area contributed by atoms with E-state index in [1.54, 1.807) is 17.4 Å². The van der Waals surface area contributed by atoms with Crippen molar-refractivity contribution in [2.45, 2.75) is 6.54 Å². The summed E-state index contributed by atoms with van der Waals surface area (Å²) in [5.41, 5.74) is 0.942. The van der Waals surface area contributed by atoms with Gasteiger partial charge in [-0.25, -0.2) is 4.79 Å². The average Bonchev–Trinajstić information content (AvgIpc) is 2.86. The number of aromatic carboxylic acids is 1. The van der Waals surface area contributed by atoms with Crippen molar-refractivity contribution < 1.29 is 9.90 Å². The zero-order chi connectivity index (χ0) is 12.4. The van der Waals surface area contributed by atoms with E-state index in [1.165, 1.54) is 16.2 Å². The monoisotopic (exact) mass is 331 g/mol. The van der Waals surface area contributed by atoms with Gasteiger partial charge in [-0.05, 0) is 28.1 Å². The van der Waals surface area contributed by atoms with Crippen molar-refractivity contribution in [2.75, 3.05) is 11.9 Å². The third-order valence-electron chi connectivity index (χ3n) is 2.25. The number of anilines is 1. The molecule has 0 saturated carbocycles. The van der Waals surface area contributed by atoms with Gasteiger partial charge in [0, 0.05) is 32.8 Å². The Hall–Kier alpha value is -0.850. The Bertz CT molecular complexity index is 535. The Morgan fingerprint density at radius 2 is 2.18 bits per heavy atom. The zero-order valence-electron chi connectivity index (χ0n) is 9.01. The summed E-state index contributed by atoms with van der Waals surface area (Å²) in [6, 6.07) is 3.78. The van der Waals surface area contributed by atoms with Gasteiger partial charge in [-0.15, -0.1) is 22.7 Å². The standard InChI is InChI=1S/C11H10BrNO2S2/c1-13(4-9-2-7(12)5-16-9)8-3-10(11(14)15)17-6-8/h2-3,5-6H,4H2,1H3,(H,14,15). The summed E-state index contributed by atoms with van der Waals surface area (Å²) in [5.74, 6) is -0.867. The van der Waals surface area contributed by atoms with E-state index in [9.17, 15) is 4.79 Å². The summed E-state index contributed by atoms with van der Waals surface area (Å²) in [7, 11) is 1.96. The van der Waals surface area contributed by atoms with Crippen molar-refractivity contribution in [3.8, 4) is 0 Å². The first-order chi connectivity index (χ1) is 8.06. The SMILES string of the molecule is CN(Cc1cc(Br)cs1)c1csc(C(=O)O)c1. The fourth-order valence-electron chi connectivity index (χ4n) is 1.40. The maximum absolute atomic E-state index is 10.8. The number of carboxylic acid groups (broad SMARTS) is 1. The van der Waals surface area contributed by atoms with Crippen molar-refractivity contribution >= 4 is 50.3 Å². The molecule has 1 N–H and O–H groups in total. The second-order valence-electron chi connectivity index (χ2n) is 3.56. The zero-order valence-corrected chi connectivity index (χ0v) is 12.2. The van der Waals surface area contributed by atoms with Gasteiger partial charge in [0.25, 0.3) is 0 Å². The van der Waals surface area contributed by atoms with Crippen LogP contribution < -0.4 is 4.90 Å². The number of halogens is 1. The fourth-order valence-corrected chi connectivity index (χ4v) is 3.69. The number of thiophene rings is 2. The molecule has 2 aromatic rings. The van der Waals surface area contributed by atoms with Gasteiger partial charge in [-0.1, -0.05) is 0 Å². The minimum atomic E-state index is -0.867. The highest BCUT2D eigenvalue weighted by atomic mass is 79.9. The van der Waals surface area contributed by atoms with Crippen molar-refractivity contribution in [3.05, 3.63) is 37.1 Å². The van der Waals surface area contributed by atoms with Gasteiger partial charge in [-0.3, -0.25) is 0 Å². The van der Waals surface area contributed by atoms with Gasteiger partial charge in [0.15, 0.2) is 0 Å². The van der Waals surface area contributed by atoms with Crippen LogP contribution in [0, 0.1) is 0 Å². The number of nitrogens with zero attached hydrogens (tertiary/aromatic N) is 1. The first kappa shape index (κ1) is 12.6. The van der Waals surface area contributed by atoms with Gasteiger partial charge in [0.05, 0.1) is 6.54 Å². The van der Waals surface area contributed by atoms with Crippen LogP contribution in [0.3, 0.4) is 0 Å². The number of carboxylic acids is 1. The molecule has 0 aliphatic carbocycles. The van der Waals surface area contributed by atoms with E-state index < -0.39 is 5.97 Å². The topological polar surface area (TPSA) is 40.5 Å². The van der Waals surface area contributed by atoms with Crippen LogP contribution in [0.2, 0.25) is 0 Å². The van der Waals surface area contributed by atoms with Crippen LogP contribution in [-0.4, -0.2) is 18.1 Å². The maximum Gasteiger partial charge on any atom is 0.345 e. The molecular formula is C11H10BrNO2S2. The summed E-state index contributed by atoms with van der Waals surface area (Å²) >= 11 is 6.36. The Labute approximate surface area is 115 Å². The predicted octanol–water partition coefficient (Wildman–Crippen LogP) is 3.91. The Kier molecular flexibility index (Phi) is 3.86. The molecule has 0 aromatic carbocycles. The molecule has 0 aliphatic heterocycles. The molecule has 6 heteroatoms. The summed E-state index contributed by atoms with van der Waals surface area (Å²) in [5, 5.41) is 12.8. The minimum absolute atomic E-state index is 0.374. The molecule has 17 heavy (non-hydrogen) atoms. The number of hydrogen-bond donors (Lipinski definition) is 1. The summed E-state index contributed by atoms with van der Waals surface area (Å²) in [4.78, 5) is 14.4. The first-order valence-corrected chi connectivity index (χ1v) is 7.37. The molecule has 2 heterocycles.